The van der Waals surface area contributed by atoms with Crippen LogP contribution in [-0.4, -0.2) is 16.1 Å². The van der Waals surface area contributed by atoms with Crippen LogP contribution in [0.2, 0.25) is 5.02 Å². The Morgan fingerprint density at radius 3 is 2.88 bits per heavy atom. The second kappa shape index (κ2) is 4.63. The first kappa shape index (κ1) is 11.1. The molecule has 2 rings (SSSR count). The molecule has 0 bridgehead atoms. The van der Waals surface area contributed by atoms with Crippen molar-refractivity contribution in [2.24, 2.45) is 0 Å². The van der Waals surface area contributed by atoms with Crippen molar-refractivity contribution in [2.75, 3.05) is 0 Å². The highest BCUT2D eigenvalue weighted by Crippen LogP contribution is 2.28. The third-order valence-electron chi connectivity index (χ3n) is 2.00. The molecule has 0 aliphatic heterocycles. The quantitative estimate of drug-likeness (QED) is 0.915. The zero-order valence-corrected chi connectivity index (χ0v) is 9.76. The molecule has 0 saturated carbocycles. The van der Waals surface area contributed by atoms with Gasteiger partial charge in [-0.05, 0) is 6.07 Å². The molecule has 82 valence electrons. The number of halogens is 1. The summed E-state index contributed by atoms with van der Waals surface area (Å²) in [5.74, 6) is -0.875. The molecule has 0 spiro atoms. The smallest absolute Gasteiger partial charge is 0.310 e. The van der Waals surface area contributed by atoms with Gasteiger partial charge in [-0.15, -0.1) is 11.3 Å². The monoisotopic (exact) mass is 253 g/mol. The van der Waals surface area contributed by atoms with E-state index in [0.717, 1.165) is 11.3 Å². The molecule has 0 aliphatic rings. The van der Waals surface area contributed by atoms with Gasteiger partial charge >= 0.3 is 5.97 Å². The topological polar surface area (TPSA) is 50.2 Å². The Balaban J connectivity index is 2.32. The van der Waals surface area contributed by atoms with Gasteiger partial charge < -0.3 is 5.11 Å². The molecule has 0 aliphatic carbocycles. The van der Waals surface area contributed by atoms with Crippen LogP contribution in [0.4, 0.5) is 0 Å². The number of carboxylic acid groups (broad SMARTS) is 1. The Morgan fingerprint density at radius 1 is 1.44 bits per heavy atom. The van der Waals surface area contributed by atoms with E-state index in [-0.39, 0.29) is 6.42 Å². The number of aromatic nitrogens is 1. The van der Waals surface area contributed by atoms with Crippen molar-refractivity contribution in [1.29, 1.82) is 0 Å². The minimum atomic E-state index is -0.875. The molecular formula is C11H8ClNO2S. The molecule has 1 aromatic carbocycles. The summed E-state index contributed by atoms with van der Waals surface area (Å²) < 4.78 is 0. The van der Waals surface area contributed by atoms with Gasteiger partial charge in [-0.25, -0.2) is 4.98 Å². The Morgan fingerprint density at radius 2 is 2.19 bits per heavy atom. The van der Waals surface area contributed by atoms with Gasteiger partial charge in [0.25, 0.3) is 0 Å². The van der Waals surface area contributed by atoms with Crippen LogP contribution in [0.15, 0.2) is 29.6 Å². The Hall–Kier alpha value is -1.39. The minimum Gasteiger partial charge on any atom is -0.481 e. The number of rotatable bonds is 3. The molecule has 1 aromatic heterocycles. The van der Waals surface area contributed by atoms with Gasteiger partial charge in [0.15, 0.2) is 0 Å². The lowest BCUT2D eigenvalue weighted by Gasteiger charge is -1.98. The fourth-order valence-electron chi connectivity index (χ4n) is 1.31. The number of carboxylic acids is 1. The van der Waals surface area contributed by atoms with Crippen LogP contribution < -0.4 is 0 Å². The van der Waals surface area contributed by atoms with E-state index in [0.29, 0.717) is 10.0 Å². The van der Waals surface area contributed by atoms with Gasteiger partial charge in [0.2, 0.25) is 0 Å². The van der Waals surface area contributed by atoms with Crippen molar-refractivity contribution in [3.05, 3.63) is 39.7 Å². The molecule has 1 heterocycles. The summed E-state index contributed by atoms with van der Waals surface area (Å²) in [5.41, 5.74) is 1.56. The fraction of sp³-hybridized carbons (Fsp3) is 0.0909. The van der Waals surface area contributed by atoms with E-state index in [4.69, 9.17) is 16.7 Å². The first-order chi connectivity index (χ1) is 7.66. The summed E-state index contributed by atoms with van der Waals surface area (Å²) >= 11 is 7.35. The molecule has 2 aromatic rings. The number of carbonyl (C=O) groups is 1. The standard InChI is InChI=1S/C11H8ClNO2S/c12-8-4-2-1-3-7(8)9-6-16-10(13-9)5-11(14)15/h1-4,6H,5H2,(H,14,15). The Kier molecular flexibility index (Phi) is 3.22. The van der Waals surface area contributed by atoms with Crippen LogP contribution in [0.1, 0.15) is 5.01 Å². The second-order valence-corrected chi connectivity index (χ2v) is 4.53. The summed E-state index contributed by atoms with van der Waals surface area (Å²) in [4.78, 5) is 14.8. The third-order valence-corrected chi connectivity index (χ3v) is 3.18. The van der Waals surface area contributed by atoms with E-state index in [1.54, 1.807) is 6.07 Å². The lowest BCUT2D eigenvalue weighted by molar-refractivity contribution is -0.136. The molecule has 0 amide bonds. The number of benzene rings is 1. The van der Waals surface area contributed by atoms with Crippen molar-refractivity contribution in [1.82, 2.24) is 4.98 Å². The maximum Gasteiger partial charge on any atom is 0.310 e. The van der Waals surface area contributed by atoms with Crippen LogP contribution in [0.3, 0.4) is 0 Å². The minimum absolute atomic E-state index is 0.0465. The number of aliphatic carboxylic acids is 1. The lowest BCUT2D eigenvalue weighted by atomic mass is 10.2. The van der Waals surface area contributed by atoms with Crippen molar-refractivity contribution in [3.63, 3.8) is 0 Å². The third kappa shape index (κ3) is 2.40. The molecular weight excluding hydrogens is 246 g/mol. The summed E-state index contributed by atoms with van der Waals surface area (Å²) in [5, 5.41) is 11.7. The van der Waals surface area contributed by atoms with Gasteiger partial charge in [0, 0.05) is 16.0 Å². The zero-order valence-electron chi connectivity index (χ0n) is 8.18. The van der Waals surface area contributed by atoms with Gasteiger partial charge in [-0.3, -0.25) is 4.79 Å². The van der Waals surface area contributed by atoms with Gasteiger partial charge in [-0.2, -0.15) is 0 Å². The number of thiazole rings is 1. The highest BCUT2D eigenvalue weighted by Gasteiger charge is 2.09. The summed E-state index contributed by atoms with van der Waals surface area (Å²) in [6.45, 7) is 0. The molecule has 0 unspecified atom stereocenters. The molecule has 0 atom stereocenters. The van der Waals surface area contributed by atoms with Gasteiger partial charge in [-0.1, -0.05) is 29.8 Å². The molecule has 5 heteroatoms. The average Bonchev–Trinajstić information content (AvgIpc) is 2.66. The largest absolute Gasteiger partial charge is 0.481 e. The van der Waals surface area contributed by atoms with Crippen LogP contribution in [0.5, 0.6) is 0 Å². The van der Waals surface area contributed by atoms with Crippen molar-refractivity contribution >= 4 is 28.9 Å². The average molecular weight is 254 g/mol. The second-order valence-electron chi connectivity index (χ2n) is 3.18. The molecule has 1 N–H and O–H groups in total. The molecule has 0 radical (unpaired) electrons. The van der Waals surface area contributed by atoms with E-state index < -0.39 is 5.97 Å². The van der Waals surface area contributed by atoms with Crippen molar-refractivity contribution in [2.45, 2.75) is 6.42 Å². The molecule has 0 fully saturated rings. The highest BCUT2D eigenvalue weighted by molar-refractivity contribution is 7.10. The van der Waals surface area contributed by atoms with Crippen LogP contribution in [0, 0.1) is 0 Å². The summed E-state index contributed by atoms with van der Waals surface area (Å²) in [6, 6.07) is 7.36. The number of hydrogen-bond donors (Lipinski definition) is 1. The first-order valence-corrected chi connectivity index (χ1v) is 5.83. The number of nitrogens with zero attached hydrogens (tertiary/aromatic N) is 1. The maximum absolute atomic E-state index is 10.5. The van der Waals surface area contributed by atoms with E-state index in [9.17, 15) is 4.79 Å². The molecule has 3 nitrogen and oxygen atoms in total. The van der Waals surface area contributed by atoms with E-state index in [1.807, 2.05) is 23.6 Å². The van der Waals surface area contributed by atoms with E-state index >= 15 is 0 Å². The summed E-state index contributed by atoms with van der Waals surface area (Å²) in [7, 11) is 0. The fourth-order valence-corrected chi connectivity index (χ4v) is 2.33. The highest BCUT2D eigenvalue weighted by atomic mass is 35.5. The predicted molar refractivity (Wildman–Crippen MR) is 63.9 cm³/mol. The molecule has 16 heavy (non-hydrogen) atoms. The SMILES string of the molecule is O=C(O)Cc1nc(-c2ccccc2Cl)cs1. The summed E-state index contributed by atoms with van der Waals surface area (Å²) in [6.07, 6.45) is -0.0465. The van der Waals surface area contributed by atoms with Crippen LogP contribution in [-0.2, 0) is 11.2 Å². The van der Waals surface area contributed by atoms with Crippen molar-refractivity contribution < 1.29 is 9.90 Å². The van der Waals surface area contributed by atoms with Crippen LogP contribution in [0.25, 0.3) is 11.3 Å². The normalized spacial score (nSPS) is 10.3. The van der Waals surface area contributed by atoms with Crippen LogP contribution >= 0.6 is 22.9 Å². The lowest BCUT2D eigenvalue weighted by Crippen LogP contribution is -1.99. The van der Waals surface area contributed by atoms with Gasteiger partial charge in [0.05, 0.1) is 12.1 Å². The van der Waals surface area contributed by atoms with Gasteiger partial charge in [0.1, 0.15) is 5.01 Å². The zero-order chi connectivity index (χ0) is 11.5. The first-order valence-electron chi connectivity index (χ1n) is 4.58. The molecule has 0 saturated heterocycles. The van der Waals surface area contributed by atoms with Crippen molar-refractivity contribution in [3.8, 4) is 11.3 Å². The van der Waals surface area contributed by atoms with E-state index in [2.05, 4.69) is 4.98 Å². The maximum atomic E-state index is 10.5. The predicted octanol–water partition coefficient (Wildman–Crippen LogP) is 3.09. The Bertz CT molecular complexity index is 524. The Labute approximate surface area is 101 Å². The van der Waals surface area contributed by atoms with E-state index in [1.165, 1.54) is 11.3 Å². The number of hydrogen-bond acceptors (Lipinski definition) is 3.